The first-order valence-electron chi connectivity index (χ1n) is 12.2. The number of aliphatic hydroxyl groups is 1. The maximum atomic E-state index is 13.5. The molecule has 1 aromatic carbocycles. The fraction of sp³-hybridized carbons (Fsp3) is 0.640. The number of carbonyl (C=O) groups excluding carboxylic acids is 1. The molecule has 0 radical (unpaired) electrons. The number of urea groups is 1. The van der Waals surface area contributed by atoms with Gasteiger partial charge in [0.1, 0.15) is 16.7 Å². The zero-order chi connectivity index (χ0) is 24.9. The zero-order valence-corrected chi connectivity index (χ0v) is 21.6. The minimum absolute atomic E-state index is 0.0762. The number of rotatable bonds is 6. The predicted molar refractivity (Wildman–Crippen MR) is 133 cm³/mol. The number of benzene rings is 1. The topological polar surface area (TPSA) is 99.2 Å². The lowest BCUT2D eigenvalue weighted by molar-refractivity contribution is 0.0806. The summed E-state index contributed by atoms with van der Waals surface area (Å²) in [7, 11) is -2.13. The molecule has 1 aromatic rings. The molecule has 1 heterocycles. The van der Waals surface area contributed by atoms with Crippen molar-refractivity contribution in [1.82, 2.24) is 14.5 Å². The molecule has 1 saturated carbocycles. The first-order valence-corrected chi connectivity index (χ1v) is 13.7. The van der Waals surface area contributed by atoms with Crippen LogP contribution in [0.25, 0.3) is 6.08 Å². The Hall–Kier alpha value is -2.10. The van der Waals surface area contributed by atoms with E-state index in [1.165, 1.54) is 10.7 Å². The molecule has 9 heteroatoms. The SMILES string of the molecule is C/C=C/c1ccc2c(c1)O[C@@H](CN(C)C(=O)NC1CCCCC1)[C@H](C)CN([C@@H](C)CO)S2(=O)=O. The van der Waals surface area contributed by atoms with Crippen molar-refractivity contribution in [3.05, 3.63) is 29.8 Å². The molecular formula is C25H39N3O5S. The van der Waals surface area contributed by atoms with Gasteiger partial charge in [-0.2, -0.15) is 4.31 Å². The molecule has 0 spiro atoms. The zero-order valence-electron chi connectivity index (χ0n) is 20.7. The highest BCUT2D eigenvalue weighted by Crippen LogP contribution is 2.34. The summed E-state index contributed by atoms with van der Waals surface area (Å²) in [5.41, 5.74) is 0.827. The van der Waals surface area contributed by atoms with Crippen molar-refractivity contribution >= 4 is 22.1 Å². The number of hydrogen-bond donors (Lipinski definition) is 2. The standard InChI is InChI=1S/C25H39N3O5S/c1-5-9-20-12-13-24-22(14-20)33-23(18(2)15-28(19(3)17-29)34(24,31)32)16-27(4)25(30)26-21-10-7-6-8-11-21/h5,9,12-14,18-19,21,23,29H,6-8,10-11,15-17H2,1-4H3,(H,26,30)/b9-5+/t18-,19+,23+/m1/s1. The van der Waals surface area contributed by atoms with Crippen LogP contribution < -0.4 is 10.1 Å². The second kappa shape index (κ2) is 11.6. The van der Waals surface area contributed by atoms with Crippen LogP contribution in [-0.2, 0) is 10.0 Å². The Labute approximate surface area is 204 Å². The van der Waals surface area contributed by atoms with Crippen LogP contribution in [0.1, 0.15) is 58.4 Å². The fourth-order valence-corrected chi connectivity index (χ4v) is 6.47. The third-order valence-electron chi connectivity index (χ3n) is 6.78. The summed E-state index contributed by atoms with van der Waals surface area (Å²) in [6, 6.07) is 4.51. The number of likely N-dealkylation sites (N-methyl/N-ethyl adjacent to an activating group) is 1. The van der Waals surface area contributed by atoms with Gasteiger partial charge in [-0.1, -0.05) is 44.4 Å². The monoisotopic (exact) mass is 493 g/mol. The molecule has 3 rings (SSSR count). The molecule has 1 fully saturated rings. The van der Waals surface area contributed by atoms with Gasteiger partial charge >= 0.3 is 6.03 Å². The number of ether oxygens (including phenoxy) is 1. The number of hydrogen-bond acceptors (Lipinski definition) is 5. The van der Waals surface area contributed by atoms with Crippen molar-refractivity contribution in [1.29, 1.82) is 0 Å². The highest BCUT2D eigenvalue weighted by atomic mass is 32.2. The van der Waals surface area contributed by atoms with E-state index in [0.717, 1.165) is 31.2 Å². The average molecular weight is 494 g/mol. The Morgan fingerprint density at radius 3 is 2.68 bits per heavy atom. The Morgan fingerprint density at radius 1 is 1.32 bits per heavy atom. The smallest absolute Gasteiger partial charge is 0.317 e. The maximum absolute atomic E-state index is 13.5. The molecule has 3 atom stereocenters. The first-order chi connectivity index (χ1) is 16.2. The summed E-state index contributed by atoms with van der Waals surface area (Å²) >= 11 is 0. The number of amides is 2. The quantitative estimate of drug-likeness (QED) is 0.632. The van der Waals surface area contributed by atoms with E-state index in [0.29, 0.717) is 6.54 Å². The Balaban J connectivity index is 1.89. The molecule has 2 aliphatic rings. The number of nitrogens with zero attached hydrogens (tertiary/aromatic N) is 2. The normalized spacial score (nSPS) is 24.5. The van der Waals surface area contributed by atoms with E-state index in [1.807, 2.05) is 26.0 Å². The predicted octanol–water partition coefficient (Wildman–Crippen LogP) is 3.46. The van der Waals surface area contributed by atoms with Crippen molar-refractivity contribution in [2.24, 2.45) is 5.92 Å². The lowest BCUT2D eigenvalue weighted by atomic mass is 9.96. The molecule has 8 nitrogen and oxygen atoms in total. The van der Waals surface area contributed by atoms with Gasteiger partial charge in [0.25, 0.3) is 0 Å². The Morgan fingerprint density at radius 2 is 2.03 bits per heavy atom. The van der Waals surface area contributed by atoms with Gasteiger partial charge in [-0.05, 0) is 44.4 Å². The third kappa shape index (κ3) is 6.12. The van der Waals surface area contributed by atoms with Gasteiger partial charge in [-0.25, -0.2) is 13.2 Å². The van der Waals surface area contributed by atoms with Gasteiger partial charge in [-0.3, -0.25) is 0 Å². The highest BCUT2D eigenvalue weighted by molar-refractivity contribution is 7.89. The summed E-state index contributed by atoms with van der Waals surface area (Å²) in [5, 5.41) is 12.9. The molecular weight excluding hydrogens is 454 g/mol. The second-order valence-electron chi connectivity index (χ2n) is 9.61. The number of aliphatic hydroxyl groups excluding tert-OH is 1. The summed E-state index contributed by atoms with van der Waals surface area (Å²) in [6.07, 6.45) is 8.83. The first kappa shape index (κ1) is 26.5. The van der Waals surface area contributed by atoms with Crippen LogP contribution >= 0.6 is 0 Å². The lowest BCUT2D eigenvalue weighted by Gasteiger charge is -2.37. The van der Waals surface area contributed by atoms with E-state index in [9.17, 15) is 18.3 Å². The Bertz CT molecular complexity index is 975. The van der Waals surface area contributed by atoms with Gasteiger partial charge in [0.2, 0.25) is 10.0 Å². The van der Waals surface area contributed by atoms with E-state index in [4.69, 9.17) is 4.74 Å². The lowest BCUT2D eigenvalue weighted by Crippen LogP contribution is -2.52. The van der Waals surface area contributed by atoms with E-state index >= 15 is 0 Å². The van der Waals surface area contributed by atoms with Gasteiger partial charge in [-0.15, -0.1) is 0 Å². The van der Waals surface area contributed by atoms with Gasteiger partial charge in [0.15, 0.2) is 0 Å². The molecule has 2 amide bonds. The minimum Gasteiger partial charge on any atom is -0.487 e. The molecule has 190 valence electrons. The maximum Gasteiger partial charge on any atom is 0.317 e. The summed E-state index contributed by atoms with van der Waals surface area (Å²) in [4.78, 5) is 14.6. The fourth-order valence-electron chi connectivity index (χ4n) is 4.64. The molecule has 0 aromatic heterocycles. The molecule has 2 N–H and O–H groups in total. The van der Waals surface area contributed by atoms with Gasteiger partial charge < -0.3 is 20.1 Å². The third-order valence-corrected chi connectivity index (χ3v) is 8.80. The van der Waals surface area contributed by atoms with Crippen LogP contribution in [0.3, 0.4) is 0 Å². The largest absolute Gasteiger partial charge is 0.487 e. The van der Waals surface area contributed by atoms with Crippen molar-refractivity contribution in [3.63, 3.8) is 0 Å². The van der Waals surface area contributed by atoms with E-state index in [2.05, 4.69) is 5.32 Å². The van der Waals surface area contributed by atoms with Crippen molar-refractivity contribution in [3.8, 4) is 5.75 Å². The number of allylic oxidation sites excluding steroid dienone is 1. The van der Waals surface area contributed by atoms with Crippen molar-refractivity contribution < 1.29 is 23.1 Å². The summed E-state index contributed by atoms with van der Waals surface area (Å²) in [5.74, 6) is 0.0515. The van der Waals surface area contributed by atoms with E-state index < -0.39 is 22.2 Å². The number of carbonyl (C=O) groups is 1. The number of sulfonamides is 1. The molecule has 1 aliphatic carbocycles. The summed E-state index contributed by atoms with van der Waals surface area (Å²) < 4.78 is 34.7. The molecule has 34 heavy (non-hydrogen) atoms. The van der Waals surface area contributed by atoms with Crippen LogP contribution in [0, 0.1) is 5.92 Å². The van der Waals surface area contributed by atoms with E-state index in [1.54, 1.807) is 37.1 Å². The van der Waals surface area contributed by atoms with Crippen molar-refractivity contribution in [2.45, 2.75) is 76.0 Å². The Kier molecular flexibility index (Phi) is 9.01. The van der Waals surface area contributed by atoms with Crippen LogP contribution in [0.15, 0.2) is 29.2 Å². The number of fused-ring (bicyclic) bond motifs is 1. The van der Waals surface area contributed by atoms with Crippen LogP contribution in [0.5, 0.6) is 5.75 Å². The van der Waals surface area contributed by atoms with Crippen LogP contribution in [0.2, 0.25) is 0 Å². The highest BCUT2D eigenvalue weighted by Gasteiger charge is 2.38. The molecule has 0 saturated heterocycles. The molecule has 0 unspecified atom stereocenters. The minimum atomic E-state index is -3.87. The number of nitrogens with one attached hydrogen (secondary N) is 1. The van der Waals surface area contributed by atoms with Crippen LogP contribution in [0.4, 0.5) is 4.79 Å². The van der Waals surface area contributed by atoms with Gasteiger partial charge in [0, 0.05) is 31.6 Å². The van der Waals surface area contributed by atoms with E-state index in [-0.39, 0.29) is 41.8 Å². The second-order valence-corrected chi connectivity index (χ2v) is 11.5. The van der Waals surface area contributed by atoms with Gasteiger partial charge in [0.05, 0.1) is 13.2 Å². The van der Waals surface area contributed by atoms with Crippen molar-refractivity contribution in [2.75, 3.05) is 26.7 Å². The summed E-state index contributed by atoms with van der Waals surface area (Å²) in [6.45, 7) is 5.72. The molecule has 1 aliphatic heterocycles. The van der Waals surface area contributed by atoms with Crippen LogP contribution in [-0.4, -0.2) is 73.7 Å². The molecule has 0 bridgehead atoms. The average Bonchev–Trinajstić information content (AvgIpc) is 2.81.